The maximum atomic E-state index is 11.4. The van der Waals surface area contributed by atoms with Gasteiger partial charge in [0.2, 0.25) is 0 Å². The van der Waals surface area contributed by atoms with Crippen molar-refractivity contribution in [3.63, 3.8) is 0 Å². The summed E-state index contributed by atoms with van der Waals surface area (Å²) in [5.41, 5.74) is 10.4. The fourth-order valence-electron chi connectivity index (χ4n) is 1.24. The summed E-state index contributed by atoms with van der Waals surface area (Å²) in [5.74, 6) is -1.63. The number of aliphatic imine (C=N–C) groups is 2. The summed E-state index contributed by atoms with van der Waals surface area (Å²) in [6.45, 7) is 11.1. The zero-order chi connectivity index (χ0) is 26.4. The second kappa shape index (κ2) is 28.6. The van der Waals surface area contributed by atoms with E-state index in [0.717, 1.165) is 13.1 Å². The largest absolute Gasteiger partial charge is 2.00 e. The van der Waals surface area contributed by atoms with E-state index < -0.39 is 11.8 Å². The van der Waals surface area contributed by atoms with Crippen LogP contribution < -0.4 is 21.7 Å². The molecule has 0 aliphatic rings. The van der Waals surface area contributed by atoms with Gasteiger partial charge in [-0.05, 0) is 63.9 Å². The summed E-state index contributed by atoms with van der Waals surface area (Å²) in [4.78, 5) is 11.8. The van der Waals surface area contributed by atoms with Crippen LogP contribution in [-0.4, -0.2) is 99.4 Å². The van der Waals surface area contributed by atoms with E-state index in [1.165, 1.54) is 10.3 Å². The number of hydrogen-bond donors (Lipinski definition) is 2. The zero-order valence-electron chi connectivity index (χ0n) is 21.3. The van der Waals surface area contributed by atoms with Gasteiger partial charge in [-0.25, -0.2) is 0 Å². The van der Waals surface area contributed by atoms with Gasteiger partial charge in [0, 0.05) is 26.2 Å². The Morgan fingerprint density at radius 2 is 1.00 bits per heavy atom. The summed E-state index contributed by atoms with van der Waals surface area (Å²) in [7, 11) is 8.35. The van der Waals surface area contributed by atoms with Crippen molar-refractivity contribution in [2.45, 2.75) is 27.7 Å². The molecule has 1 radical (unpaired) electrons. The van der Waals surface area contributed by atoms with Gasteiger partial charge < -0.3 is 42.3 Å². The number of rotatable bonds is 9. The molecule has 0 aromatic rings. The molecule has 0 spiro atoms. The van der Waals surface area contributed by atoms with Crippen molar-refractivity contribution >= 4 is 46.6 Å². The molecule has 0 saturated heterocycles. The molecule has 0 bridgehead atoms. The van der Waals surface area contributed by atoms with Crippen LogP contribution in [0.3, 0.4) is 0 Å². The first-order chi connectivity index (χ1) is 14.6. The molecule has 0 unspecified atom stereocenters. The van der Waals surface area contributed by atoms with Crippen LogP contribution in [0.5, 0.6) is 0 Å². The van der Waals surface area contributed by atoms with E-state index in [2.05, 4.69) is 72.4 Å². The first-order valence-corrected chi connectivity index (χ1v) is 10.6. The standard InChI is InChI=1S/C12H26N4O2.C6H16N2.2CNS.Cu.Ni/c1-11(2,5-13)7-15-9(17)10(18)16-8-12(3,4)6-14;1-7(2)5-6-8(3)4;2*2-1-3;;/h5-8,13-14H2,1-4H3,(H,15,17)(H,16,18);5-6H2,1-4H3;;;;/q;;2*-1;2*+2/p-2. The van der Waals surface area contributed by atoms with Gasteiger partial charge in [-0.15, -0.1) is 0 Å². The van der Waals surface area contributed by atoms with Crippen LogP contribution >= 0.6 is 24.4 Å². The smallest absolute Gasteiger partial charge is 0.858 e. The van der Waals surface area contributed by atoms with Crippen LogP contribution in [0.4, 0.5) is 0 Å². The summed E-state index contributed by atoms with van der Waals surface area (Å²) >= 11 is 7.40. The fraction of sp³-hybridized carbons (Fsp3) is 0.800. The SMILES string of the molecule is CC(C)(CN)CN=C([O-])C([O-])=NCC(C)(C)CN.CN(C)CCN(C)C.[Cu+2].[N-]=C=S.[N-]=C=S.[Ni+2]. The minimum Gasteiger partial charge on any atom is -0.858 e. The summed E-state index contributed by atoms with van der Waals surface area (Å²) in [5, 5.41) is 39.8. The molecule has 0 atom stereocenters. The minimum absolute atomic E-state index is 0. The van der Waals surface area contributed by atoms with Crippen LogP contribution in [0.1, 0.15) is 27.7 Å². The molecule has 0 heterocycles. The number of thiocarbonyl (C=S) groups is 2. The molecule has 10 nitrogen and oxygen atoms in total. The maximum Gasteiger partial charge on any atom is 2.00 e. The Morgan fingerprint density at radius 1 is 0.794 bits per heavy atom. The number of hydrogen-bond acceptors (Lipinski definition) is 10. The van der Waals surface area contributed by atoms with Crippen molar-refractivity contribution in [1.29, 1.82) is 0 Å². The van der Waals surface area contributed by atoms with Gasteiger partial charge in [-0.3, -0.25) is 9.98 Å². The Labute approximate surface area is 237 Å². The quantitative estimate of drug-likeness (QED) is 0.157. The van der Waals surface area contributed by atoms with Crippen LogP contribution in [0.15, 0.2) is 9.98 Å². The second-order valence-corrected chi connectivity index (χ2v) is 9.13. The predicted molar refractivity (Wildman–Crippen MR) is 139 cm³/mol. The Bertz CT molecular complexity index is 555. The van der Waals surface area contributed by atoms with Crippen molar-refractivity contribution < 1.29 is 43.8 Å². The Balaban J connectivity index is -0.000000102. The van der Waals surface area contributed by atoms with E-state index in [1.807, 2.05) is 27.7 Å². The predicted octanol–water partition coefficient (Wildman–Crippen LogP) is -0.104. The van der Waals surface area contributed by atoms with Crippen molar-refractivity contribution in [2.24, 2.45) is 32.3 Å². The first-order valence-electron chi connectivity index (χ1n) is 9.75. The molecule has 0 saturated carbocycles. The van der Waals surface area contributed by atoms with Crippen molar-refractivity contribution in [3.05, 3.63) is 10.8 Å². The van der Waals surface area contributed by atoms with Crippen LogP contribution in [0, 0.1) is 10.8 Å². The first kappa shape index (κ1) is 46.7. The molecular formula is C20H40CuN8NiO2S2. The zero-order valence-corrected chi connectivity index (χ0v) is 24.9. The van der Waals surface area contributed by atoms with E-state index in [4.69, 9.17) is 22.3 Å². The molecule has 0 aromatic carbocycles. The molecule has 0 aliphatic carbocycles. The second-order valence-electron chi connectivity index (χ2n) is 8.77. The van der Waals surface area contributed by atoms with Gasteiger partial charge in [-0.1, -0.05) is 52.1 Å². The topological polar surface area (TPSA) is 174 Å². The molecular weight excluding hydrogens is 571 g/mol. The van der Waals surface area contributed by atoms with E-state index >= 15 is 0 Å². The van der Waals surface area contributed by atoms with Crippen molar-refractivity contribution in [3.8, 4) is 0 Å². The van der Waals surface area contributed by atoms with Crippen LogP contribution in [-0.2, 0) is 33.6 Å². The normalized spacial score (nSPS) is 11.1. The van der Waals surface area contributed by atoms with Gasteiger partial charge in [0.1, 0.15) is 0 Å². The van der Waals surface area contributed by atoms with Crippen molar-refractivity contribution in [2.75, 3.05) is 67.5 Å². The third-order valence-corrected chi connectivity index (χ3v) is 3.58. The Kier molecular flexibility index (Phi) is 39.3. The molecule has 0 aromatic heterocycles. The Morgan fingerprint density at radius 3 is 1.15 bits per heavy atom. The molecule has 34 heavy (non-hydrogen) atoms. The van der Waals surface area contributed by atoms with Crippen LogP contribution in [0.25, 0.3) is 10.8 Å². The monoisotopic (exact) mass is 609 g/mol. The molecule has 0 aliphatic heterocycles. The van der Waals surface area contributed by atoms with Crippen molar-refractivity contribution in [1.82, 2.24) is 9.80 Å². The van der Waals surface area contributed by atoms with Gasteiger partial charge in [0.15, 0.2) is 0 Å². The third-order valence-electron chi connectivity index (χ3n) is 3.58. The number of isothiocyanates is 2. The third kappa shape index (κ3) is 41.6. The maximum absolute atomic E-state index is 11.4. The van der Waals surface area contributed by atoms with E-state index in [1.54, 1.807) is 0 Å². The molecule has 4 N–H and O–H groups in total. The average Bonchev–Trinajstić information content (AvgIpc) is 2.70. The van der Waals surface area contributed by atoms with Gasteiger partial charge in [-0.2, -0.15) is 10.3 Å². The fourth-order valence-corrected chi connectivity index (χ4v) is 1.24. The van der Waals surface area contributed by atoms with Gasteiger partial charge in [0.05, 0.1) is 0 Å². The van der Waals surface area contributed by atoms with Crippen LogP contribution in [0.2, 0.25) is 0 Å². The molecule has 0 rings (SSSR count). The summed E-state index contributed by atoms with van der Waals surface area (Å²) in [6, 6.07) is 0. The summed E-state index contributed by atoms with van der Waals surface area (Å²) < 4.78 is 0. The van der Waals surface area contributed by atoms with E-state index in [-0.39, 0.29) is 57.5 Å². The minimum atomic E-state index is -0.815. The van der Waals surface area contributed by atoms with Gasteiger partial charge >= 0.3 is 33.6 Å². The number of likely N-dealkylation sites (N-methyl/N-ethyl adjacent to an activating group) is 2. The molecule has 205 valence electrons. The number of nitrogens with two attached hydrogens (primary N) is 2. The van der Waals surface area contributed by atoms with E-state index in [9.17, 15) is 10.2 Å². The molecule has 14 heteroatoms. The molecule has 0 fully saturated rings. The van der Waals surface area contributed by atoms with E-state index in [0.29, 0.717) is 13.1 Å². The van der Waals surface area contributed by atoms with Gasteiger partial charge in [0.25, 0.3) is 0 Å². The molecule has 0 amide bonds. The summed E-state index contributed by atoms with van der Waals surface area (Å²) in [6.07, 6.45) is 0. The Hall–Kier alpha value is -0.607. The number of nitrogens with zero attached hydrogens (tertiary/aromatic N) is 6. The average molecular weight is 611 g/mol.